The van der Waals surface area contributed by atoms with Crippen LogP contribution in [0, 0.1) is 0 Å². The fourth-order valence-electron chi connectivity index (χ4n) is 5.10. The number of fused-ring (bicyclic) bond motifs is 1. The first-order valence-electron chi connectivity index (χ1n) is 13.5. The molecule has 0 bridgehead atoms. The van der Waals surface area contributed by atoms with Gasteiger partial charge in [-0.15, -0.1) is 11.8 Å². The van der Waals surface area contributed by atoms with Gasteiger partial charge < -0.3 is 18.8 Å². The van der Waals surface area contributed by atoms with Crippen LogP contribution in [0.3, 0.4) is 0 Å². The molecule has 0 aliphatic carbocycles. The van der Waals surface area contributed by atoms with E-state index in [9.17, 15) is 9.59 Å². The Balaban J connectivity index is 1.55. The van der Waals surface area contributed by atoms with Gasteiger partial charge >= 0.3 is 5.97 Å². The van der Waals surface area contributed by atoms with Gasteiger partial charge in [0, 0.05) is 35.7 Å². The summed E-state index contributed by atoms with van der Waals surface area (Å²) >= 11 is 6.51. The number of esters is 1. The number of carbonyl (C=O) groups excluding carboxylic acids is 1. The number of nitrogens with zero attached hydrogens (tertiary/aromatic N) is 3. The Kier molecular flexibility index (Phi) is 8.53. The van der Waals surface area contributed by atoms with Crippen LogP contribution in [0.5, 0.6) is 0 Å². The van der Waals surface area contributed by atoms with E-state index in [2.05, 4.69) is 20.8 Å². The molecule has 0 spiro atoms. The molecule has 42 heavy (non-hydrogen) atoms. The van der Waals surface area contributed by atoms with Gasteiger partial charge in [-0.3, -0.25) is 9.36 Å². The highest BCUT2D eigenvalue weighted by atomic mass is 79.9. The number of thiazole rings is 1. The lowest BCUT2D eigenvalue weighted by Crippen LogP contribution is -2.40. The van der Waals surface area contributed by atoms with Crippen molar-refractivity contribution in [2.24, 2.45) is 4.99 Å². The number of halogens is 1. The minimum Gasteiger partial charge on any atom is -0.463 e. The predicted molar refractivity (Wildman–Crippen MR) is 169 cm³/mol. The summed E-state index contributed by atoms with van der Waals surface area (Å²) in [5, 5.41) is 0. The van der Waals surface area contributed by atoms with E-state index in [1.54, 1.807) is 29.3 Å². The normalized spacial score (nSPS) is 17.3. The van der Waals surface area contributed by atoms with Crippen LogP contribution in [0.2, 0.25) is 0 Å². The standard InChI is InChI=1S/C31H28BrN3O5S2/c1-3-39-30(37)25-26(19-7-5-4-6-8-19)33-31-35(27(25)20-9-11-22(41-2)12-10-20)28(36)24(42-31)18-21-17-23(32)29(40-21)34-13-15-38-16-14-34/h4-12,17-18,27H,3,13-16H2,1-2H3/t27-/m1/s1. The fourth-order valence-corrected chi connectivity index (χ4v) is 7.05. The van der Waals surface area contributed by atoms with Gasteiger partial charge in [-0.1, -0.05) is 53.8 Å². The number of hydrogen-bond acceptors (Lipinski definition) is 9. The second kappa shape index (κ2) is 12.5. The maximum atomic E-state index is 14.1. The van der Waals surface area contributed by atoms with Crippen molar-refractivity contribution in [3.63, 3.8) is 0 Å². The van der Waals surface area contributed by atoms with Gasteiger partial charge in [0.15, 0.2) is 4.80 Å². The molecule has 0 saturated carbocycles. The summed E-state index contributed by atoms with van der Waals surface area (Å²) in [5.74, 6) is 0.751. The highest BCUT2D eigenvalue weighted by molar-refractivity contribution is 9.10. The third kappa shape index (κ3) is 5.54. The van der Waals surface area contributed by atoms with Crippen molar-refractivity contribution in [1.82, 2.24) is 4.57 Å². The molecule has 1 atom stereocenters. The third-order valence-corrected chi connectivity index (χ3v) is 9.36. The van der Waals surface area contributed by atoms with Gasteiger partial charge in [-0.05, 0) is 46.8 Å². The Labute approximate surface area is 259 Å². The number of morpholine rings is 1. The molecular weight excluding hydrogens is 638 g/mol. The summed E-state index contributed by atoms with van der Waals surface area (Å²) in [4.78, 5) is 36.3. The van der Waals surface area contributed by atoms with Crippen LogP contribution in [0.15, 0.2) is 89.8 Å². The van der Waals surface area contributed by atoms with Gasteiger partial charge in [0.2, 0.25) is 5.88 Å². The maximum Gasteiger partial charge on any atom is 0.338 e. The Bertz CT molecular complexity index is 1820. The molecule has 2 aromatic heterocycles. The Morgan fingerprint density at radius 3 is 2.60 bits per heavy atom. The van der Waals surface area contributed by atoms with Crippen LogP contribution >= 0.6 is 39.0 Å². The molecule has 0 unspecified atom stereocenters. The number of rotatable bonds is 7. The lowest BCUT2D eigenvalue weighted by Gasteiger charge is -2.26. The van der Waals surface area contributed by atoms with Gasteiger partial charge in [-0.2, -0.15) is 0 Å². The molecule has 0 amide bonds. The van der Waals surface area contributed by atoms with Crippen molar-refractivity contribution >= 4 is 62.7 Å². The molecule has 2 aliphatic heterocycles. The van der Waals surface area contributed by atoms with E-state index < -0.39 is 12.0 Å². The van der Waals surface area contributed by atoms with Gasteiger partial charge in [-0.25, -0.2) is 9.79 Å². The monoisotopic (exact) mass is 665 g/mol. The average molecular weight is 667 g/mol. The van der Waals surface area contributed by atoms with Crippen LogP contribution in [-0.2, 0) is 14.3 Å². The predicted octanol–water partition coefficient (Wildman–Crippen LogP) is 4.85. The minimum atomic E-state index is -0.721. The fraction of sp³-hybridized carbons (Fsp3) is 0.258. The highest BCUT2D eigenvalue weighted by Crippen LogP contribution is 2.36. The van der Waals surface area contributed by atoms with Crippen LogP contribution in [0.4, 0.5) is 5.88 Å². The Morgan fingerprint density at radius 2 is 1.90 bits per heavy atom. The summed E-state index contributed by atoms with van der Waals surface area (Å²) < 4.78 is 20.1. The molecular formula is C31H28BrN3O5S2. The minimum absolute atomic E-state index is 0.200. The number of carbonyl (C=O) groups is 1. The number of anilines is 1. The van der Waals surface area contributed by atoms with E-state index in [0.717, 1.165) is 33.6 Å². The van der Waals surface area contributed by atoms with Crippen LogP contribution in [-0.4, -0.2) is 49.7 Å². The molecule has 0 N–H and O–H groups in total. The molecule has 6 rings (SSSR count). The number of furan rings is 1. The molecule has 11 heteroatoms. The average Bonchev–Trinajstić information content (AvgIpc) is 3.55. The number of ether oxygens (including phenoxy) is 2. The lowest BCUT2D eigenvalue weighted by molar-refractivity contribution is -0.138. The molecule has 0 radical (unpaired) electrons. The SMILES string of the molecule is CCOC(=O)C1=C(c2ccccc2)N=c2sc(=Cc3cc(Br)c(N4CCOCC4)o3)c(=O)n2[C@@H]1c1ccc(SC)cc1. The Morgan fingerprint density at radius 1 is 1.17 bits per heavy atom. The van der Waals surface area contributed by atoms with Crippen LogP contribution < -0.4 is 19.8 Å². The summed E-state index contributed by atoms with van der Waals surface area (Å²) in [6.07, 6.45) is 3.75. The quantitative estimate of drug-likeness (QED) is 0.206. The van der Waals surface area contributed by atoms with Crippen molar-refractivity contribution < 1.29 is 18.7 Å². The molecule has 1 fully saturated rings. The zero-order valence-electron chi connectivity index (χ0n) is 23.0. The zero-order chi connectivity index (χ0) is 29.2. The molecule has 216 valence electrons. The molecule has 4 heterocycles. The molecule has 2 aromatic carbocycles. The zero-order valence-corrected chi connectivity index (χ0v) is 26.3. The number of aromatic nitrogens is 1. The largest absolute Gasteiger partial charge is 0.463 e. The van der Waals surface area contributed by atoms with Crippen LogP contribution in [0.1, 0.15) is 29.9 Å². The summed E-state index contributed by atoms with van der Waals surface area (Å²) in [7, 11) is 0. The second-order valence-electron chi connectivity index (χ2n) is 9.61. The van der Waals surface area contributed by atoms with Crippen molar-refractivity contribution in [2.75, 3.05) is 44.1 Å². The lowest BCUT2D eigenvalue weighted by atomic mass is 9.93. The topological polar surface area (TPSA) is 86.3 Å². The van der Waals surface area contributed by atoms with E-state index in [-0.39, 0.29) is 12.2 Å². The number of benzene rings is 2. The molecule has 8 nitrogen and oxygen atoms in total. The molecule has 2 aliphatic rings. The Hall–Kier alpha value is -3.38. The number of thioether (sulfide) groups is 1. The third-order valence-electron chi connectivity index (χ3n) is 7.06. The molecule has 4 aromatic rings. The van der Waals surface area contributed by atoms with E-state index in [4.69, 9.17) is 18.9 Å². The summed E-state index contributed by atoms with van der Waals surface area (Å²) in [6, 6.07) is 18.6. The maximum absolute atomic E-state index is 14.1. The highest BCUT2D eigenvalue weighted by Gasteiger charge is 2.35. The summed E-state index contributed by atoms with van der Waals surface area (Å²) in [5.41, 5.74) is 2.13. The van der Waals surface area contributed by atoms with E-state index in [1.807, 2.05) is 66.9 Å². The first kappa shape index (κ1) is 28.7. The van der Waals surface area contributed by atoms with Crippen molar-refractivity contribution in [2.45, 2.75) is 17.9 Å². The molecule has 1 saturated heterocycles. The van der Waals surface area contributed by atoms with Gasteiger partial charge in [0.05, 0.1) is 46.1 Å². The van der Waals surface area contributed by atoms with Gasteiger partial charge in [0.25, 0.3) is 5.56 Å². The van der Waals surface area contributed by atoms with Crippen LogP contribution in [0.25, 0.3) is 11.8 Å². The number of hydrogen-bond donors (Lipinski definition) is 0. The van der Waals surface area contributed by atoms with Gasteiger partial charge in [0.1, 0.15) is 5.76 Å². The first-order chi connectivity index (χ1) is 20.5. The van der Waals surface area contributed by atoms with Crippen molar-refractivity contribution in [1.29, 1.82) is 0 Å². The van der Waals surface area contributed by atoms with E-state index in [1.165, 1.54) is 11.3 Å². The second-order valence-corrected chi connectivity index (χ2v) is 12.3. The van der Waals surface area contributed by atoms with Crippen molar-refractivity contribution in [3.05, 3.63) is 107 Å². The first-order valence-corrected chi connectivity index (χ1v) is 16.4. The van der Waals surface area contributed by atoms with E-state index in [0.29, 0.717) is 45.5 Å². The van der Waals surface area contributed by atoms with E-state index >= 15 is 0 Å². The van der Waals surface area contributed by atoms with Crippen molar-refractivity contribution in [3.8, 4) is 0 Å². The summed E-state index contributed by atoms with van der Waals surface area (Å²) in [6.45, 7) is 4.68. The smallest absolute Gasteiger partial charge is 0.338 e.